The minimum atomic E-state index is -0.299. The van der Waals surface area contributed by atoms with Crippen LogP contribution in [-0.4, -0.2) is 10.1 Å². The second-order valence-electron chi connectivity index (χ2n) is 4.19. The smallest absolute Gasteiger partial charge is 0.187 e. The molecule has 1 aromatic heterocycles. The molecule has 2 N–H and O–H groups in total. The first-order valence-corrected chi connectivity index (χ1v) is 6.87. The Kier molecular flexibility index (Phi) is 3.35. The monoisotopic (exact) mass is 286 g/mol. The fraction of sp³-hybridized carbons (Fsp3) is 0. The average Bonchev–Trinajstić information content (AvgIpc) is 2.87. The topological polar surface area (TPSA) is 45.1 Å². The normalized spacial score (nSPS) is 10.4. The van der Waals surface area contributed by atoms with Crippen LogP contribution in [0.4, 0.5) is 15.2 Å². The molecule has 0 aliphatic rings. The van der Waals surface area contributed by atoms with Crippen LogP contribution in [0, 0.1) is 5.82 Å². The van der Waals surface area contributed by atoms with Gasteiger partial charge in [-0.1, -0.05) is 18.2 Å². The summed E-state index contributed by atoms with van der Waals surface area (Å²) >= 11 is 1.40. The lowest BCUT2D eigenvalue weighted by molar-refractivity contribution is 0.477. The number of thiazole rings is 1. The van der Waals surface area contributed by atoms with Crippen molar-refractivity contribution in [3.63, 3.8) is 0 Å². The SMILES string of the molecule is Oc1ccccc1-c1csc(Nc2cccc(F)c2)n1. The van der Waals surface area contributed by atoms with Gasteiger partial charge in [-0.2, -0.15) is 0 Å². The third-order valence-corrected chi connectivity index (χ3v) is 3.52. The Morgan fingerprint density at radius 1 is 1.10 bits per heavy atom. The van der Waals surface area contributed by atoms with Crippen molar-refractivity contribution in [1.82, 2.24) is 4.98 Å². The number of anilines is 2. The summed E-state index contributed by atoms with van der Waals surface area (Å²) in [5.41, 5.74) is 2.01. The Morgan fingerprint density at radius 2 is 1.95 bits per heavy atom. The van der Waals surface area contributed by atoms with E-state index in [1.807, 2.05) is 11.4 Å². The van der Waals surface area contributed by atoms with Crippen molar-refractivity contribution in [3.8, 4) is 17.0 Å². The fourth-order valence-corrected chi connectivity index (χ4v) is 2.57. The molecule has 0 aliphatic heterocycles. The number of phenols is 1. The van der Waals surface area contributed by atoms with Gasteiger partial charge in [-0.3, -0.25) is 0 Å². The van der Waals surface area contributed by atoms with E-state index in [0.29, 0.717) is 22.1 Å². The molecule has 2 aromatic carbocycles. The number of para-hydroxylation sites is 1. The van der Waals surface area contributed by atoms with Gasteiger partial charge in [0, 0.05) is 16.6 Å². The maximum absolute atomic E-state index is 13.1. The third-order valence-electron chi connectivity index (χ3n) is 2.76. The summed E-state index contributed by atoms with van der Waals surface area (Å²) in [5.74, 6) is -0.109. The number of benzene rings is 2. The van der Waals surface area contributed by atoms with Crippen LogP contribution < -0.4 is 5.32 Å². The lowest BCUT2D eigenvalue weighted by Crippen LogP contribution is -1.90. The maximum Gasteiger partial charge on any atom is 0.187 e. The Labute approximate surface area is 119 Å². The molecule has 0 fully saturated rings. The van der Waals surface area contributed by atoms with Crippen molar-refractivity contribution >= 4 is 22.2 Å². The van der Waals surface area contributed by atoms with E-state index in [1.54, 1.807) is 30.3 Å². The minimum absolute atomic E-state index is 0.190. The van der Waals surface area contributed by atoms with Gasteiger partial charge in [0.15, 0.2) is 5.13 Å². The van der Waals surface area contributed by atoms with Gasteiger partial charge < -0.3 is 10.4 Å². The number of aromatic nitrogens is 1. The molecule has 0 amide bonds. The van der Waals surface area contributed by atoms with Crippen molar-refractivity contribution < 1.29 is 9.50 Å². The number of hydrogen-bond donors (Lipinski definition) is 2. The van der Waals surface area contributed by atoms with Gasteiger partial charge in [-0.15, -0.1) is 11.3 Å². The highest BCUT2D eigenvalue weighted by Gasteiger charge is 2.08. The molecule has 5 heteroatoms. The highest BCUT2D eigenvalue weighted by Crippen LogP contribution is 2.32. The van der Waals surface area contributed by atoms with Crippen molar-refractivity contribution in [3.05, 3.63) is 59.7 Å². The predicted octanol–water partition coefficient (Wildman–Crippen LogP) is 4.40. The Balaban J connectivity index is 1.86. The molecular formula is C15H11FN2OS. The minimum Gasteiger partial charge on any atom is -0.507 e. The van der Waals surface area contributed by atoms with Gasteiger partial charge in [0.25, 0.3) is 0 Å². The number of nitrogens with zero attached hydrogens (tertiary/aromatic N) is 1. The van der Waals surface area contributed by atoms with Crippen LogP contribution in [0.5, 0.6) is 5.75 Å². The lowest BCUT2D eigenvalue weighted by atomic mass is 10.1. The van der Waals surface area contributed by atoms with E-state index in [-0.39, 0.29) is 11.6 Å². The van der Waals surface area contributed by atoms with E-state index in [0.717, 1.165) is 0 Å². The summed E-state index contributed by atoms with van der Waals surface area (Å²) < 4.78 is 13.1. The standard InChI is InChI=1S/C15H11FN2OS/c16-10-4-3-5-11(8-10)17-15-18-13(9-20-15)12-6-1-2-7-14(12)19/h1-9,19H,(H,17,18). The molecule has 20 heavy (non-hydrogen) atoms. The van der Waals surface area contributed by atoms with Gasteiger partial charge in [0.2, 0.25) is 0 Å². The fourth-order valence-electron chi connectivity index (χ4n) is 1.83. The number of aromatic hydroxyl groups is 1. The zero-order valence-electron chi connectivity index (χ0n) is 10.4. The maximum atomic E-state index is 13.1. The van der Waals surface area contributed by atoms with Crippen LogP contribution in [-0.2, 0) is 0 Å². The van der Waals surface area contributed by atoms with Gasteiger partial charge in [-0.05, 0) is 30.3 Å². The molecule has 1 heterocycles. The van der Waals surface area contributed by atoms with Crippen LogP contribution in [0.3, 0.4) is 0 Å². The van der Waals surface area contributed by atoms with E-state index >= 15 is 0 Å². The third kappa shape index (κ3) is 2.62. The molecule has 0 bridgehead atoms. The summed E-state index contributed by atoms with van der Waals surface area (Å²) in [6, 6.07) is 13.2. The molecule has 3 rings (SSSR count). The predicted molar refractivity (Wildman–Crippen MR) is 78.9 cm³/mol. The number of nitrogens with one attached hydrogen (secondary N) is 1. The Hall–Kier alpha value is -2.40. The van der Waals surface area contributed by atoms with Crippen LogP contribution in [0.2, 0.25) is 0 Å². The molecule has 0 saturated carbocycles. The molecule has 0 radical (unpaired) electrons. The Morgan fingerprint density at radius 3 is 2.75 bits per heavy atom. The second-order valence-corrected chi connectivity index (χ2v) is 5.05. The Bertz CT molecular complexity index is 742. The van der Waals surface area contributed by atoms with Crippen molar-refractivity contribution in [2.75, 3.05) is 5.32 Å². The summed E-state index contributed by atoms with van der Waals surface area (Å²) in [4.78, 5) is 4.39. The highest BCUT2D eigenvalue weighted by molar-refractivity contribution is 7.14. The van der Waals surface area contributed by atoms with Gasteiger partial charge in [-0.25, -0.2) is 9.37 Å². The summed E-state index contributed by atoms with van der Waals surface area (Å²) in [5, 5.41) is 15.3. The lowest BCUT2D eigenvalue weighted by Gasteiger charge is -2.02. The molecule has 3 nitrogen and oxygen atoms in total. The van der Waals surface area contributed by atoms with Crippen molar-refractivity contribution in [1.29, 1.82) is 0 Å². The van der Waals surface area contributed by atoms with Gasteiger partial charge in [0.1, 0.15) is 11.6 Å². The first-order valence-electron chi connectivity index (χ1n) is 5.99. The zero-order chi connectivity index (χ0) is 13.9. The van der Waals surface area contributed by atoms with Gasteiger partial charge >= 0.3 is 0 Å². The molecule has 0 unspecified atom stereocenters. The van der Waals surface area contributed by atoms with E-state index in [9.17, 15) is 9.50 Å². The second kappa shape index (κ2) is 5.30. The summed E-state index contributed by atoms with van der Waals surface area (Å²) in [6.45, 7) is 0. The van der Waals surface area contributed by atoms with E-state index in [1.165, 1.54) is 23.5 Å². The molecule has 100 valence electrons. The van der Waals surface area contributed by atoms with E-state index in [4.69, 9.17) is 0 Å². The first kappa shape index (κ1) is 12.6. The largest absolute Gasteiger partial charge is 0.507 e. The number of phenolic OH excluding ortho intramolecular Hbond substituents is 1. The summed E-state index contributed by atoms with van der Waals surface area (Å²) in [6.07, 6.45) is 0. The van der Waals surface area contributed by atoms with Crippen LogP contribution in [0.25, 0.3) is 11.3 Å². The first-order chi connectivity index (χ1) is 9.72. The van der Waals surface area contributed by atoms with Crippen LogP contribution in [0.1, 0.15) is 0 Å². The zero-order valence-corrected chi connectivity index (χ0v) is 11.2. The quantitative estimate of drug-likeness (QED) is 0.750. The molecular weight excluding hydrogens is 275 g/mol. The van der Waals surface area contributed by atoms with Crippen LogP contribution >= 0.6 is 11.3 Å². The number of halogens is 1. The molecule has 0 spiro atoms. The van der Waals surface area contributed by atoms with Crippen LogP contribution in [0.15, 0.2) is 53.9 Å². The van der Waals surface area contributed by atoms with E-state index in [2.05, 4.69) is 10.3 Å². The van der Waals surface area contributed by atoms with Gasteiger partial charge in [0.05, 0.1) is 5.69 Å². The van der Waals surface area contributed by atoms with E-state index < -0.39 is 0 Å². The average molecular weight is 286 g/mol. The molecule has 0 saturated heterocycles. The number of rotatable bonds is 3. The highest BCUT2D eigenvalue weighted by atomic mass is 32.1. The number of hydrogen-bond acceptors (Lipinski definition) is 4. The van der Waals surface area contributed by atoms with Crippen molar-refractivity contribution in [2.24, 2.45) is 0 Å². The summed E-state index contributed by atoms with van der Waals surface area (Å²) in [7, 11) is 0. The van der Waals surface area contributed by atoms with Crippen molar-refractivity contribution in [2.45, 2.75) is 0 Å². The molecule has 0 aliphatic carbocycles. The molecule has 0 atom stereocenters. The molecule has 3 aromatic rings.